The van der Waals surface area contributed by atoms with Crippen LogP contribution in [0.25, 0.3) is 0 Å². The third kappa shape index (κ3) is 2.82. The molecule has 2 fully saturated rings. The van der Waals surface area contributed by atoms with Gasteiger partial charge in [0.1, 0.15) is 11.6 Å². The molecule has 10 heteroatoms. The minimum Gasteiger partial charge on any atom is -0.464 e. The Morgan fingerprint density at radius 1 is 1.38 bits per heavy atom. The van der Waals surface area contributed by atoms with Gasteiger partial charge in [0.15, 0.2) is 0 Å². The van der Waals surface area contributed by atoms with Gasteiger partial charge >= 0.3 is 13.0 Å². The summed E-state index contributed by atoms with van der Waals surface area (Å²) in [5.74, 6) is -1.21. The van der Waals surface area contributed by atoms with E-state index in [-0.39, 0.29) is 24.5 Å². The minimum absolute atomic E-state index is 0.0127. The van der Waals surface area contributed by atoms with E-state index in [1.54, 1.807) is 19.1 Å². The lowest BCUT2D eigenvalue weighted by Crippen LogP contribution is -2.49. The van der Waals surface area contributed by atoms with Crippen LogP contribution in [0.15, 0.2) is 29.2 Å². The SMILES string of the molecule is CCOC(=O)[C@H]1C[C@@]2(C[N@@]2S(=O)(=O)c2ccc(C)cc2)C(=O)N1B(C)O. The minimum atomic E-state index is -3.87. The highest BCUT2D eigenvalue weighted by Crippen LogP contribution is 2.48. The molecule has 0 aromatic heterocycles. The van der Waals surface area contributed by atoms with Crippen molar-refractivity contribution in [1.82, 2.24) is 9.12 Å². The zero-order valence-corrected chi connectivity index (χ0v) is 15.7. The van der Waals surface area contributed by atoms with Gasteiger partial charge in [-0.1, -0.05) is 17.7 Å². The van der Waals surface area contributed by atoms with E-state index in [0.717, 1.165) is 14.7 Å². The number of sulfonamides is 1. The number of rotatable bonds is 5. The Kier molecular flexibility index (Phi) is 4.62. The van der Waals surface area contributed by atoms with Gasteiger partial charge in [-0.2, -0.15) is 4.31 Å². The first-order chi connectivity index (χ1) is 12.1. The largest absolute Gasteiger partial charge is 0.464 e. The smallest absolute Gasteiger partial charge is 0.412 e. The first-order valence-corrected chi connectivity index (χ1v) is 9.86. The molecular weight excluding hydrogens is 359 g/mol. The summed E-state index contributed by atoms with van der Waals surface area (Å²) in [6.45, 7) is 4.98. The van der Waals surface area contributed by atoms with Crippen LogP contribution in [0.1, 0.15) is 18.9 Å². The fourth-order valence-corrected chi connectivity index (χ4v) is 5.18. The standard InChI is InChI=1S/C16H21BN2O6S/c1-4-25-14(20)13-9-16(15(21)19(13)17(3)22)10-18(16)26(23,24)12-7-5-11(2)6-8-12/h5-8,13,22H,4,9-10H2,1-3H3/t13-,16-,18-/m1/s1. The molecule has 1 aromatic rings. The Balaban J connectivity index is 1.91. The fourth-order valence-electron chi connectivity index (χ4n) is 3.45. The molecule has 2 aliphatic rings. The first kappa shape index (κ1) is 18.9. The number of hydrogen-bond donors (Lipinski definition) is 1. The molecule has 0 radical (unpaired) electrons. The van der Waals surface area contributed by atoms with Crippen LogP contribution in [0.4, 0.5) is 0 Å². The van der Waals surface area contributed by atoms with E-state index < -0.39 is 40.5 Å². The van der Waals surface area contributed by atoms with Gasteiger partial charge in [-0.05, 0) is 32.8 Å². The zero-order valence-electron chi connectivity index (χ0n) is 14.9. The van der Waals surface area contributed by atoms with Crippen LogP contribution in [0.5, 0.6) is 0 Å². The average molecular weight is 380 g/mol. The summed E-state index contributed by atoms with van der Waals surface area (Å²) < 4.78 is 31.8. The molecule has 2 heterocycles. The van der Waals surface area contributed by atoms with Gasteiger partial charge in [0, 0.05) is 13.0 Å². The normalized spacial score (nSPS) is 27.7. The van der Waals surface area contributed by atoms with Gasteiger partial charge in [-0.25, -0.2) is 13.2 Å². The van der Waals surface area contributed by atoms with E-state index in [1.165, 1.54) is 19.0 Å². The Bertz CT molecular complexity index is 841. The Morgan fingerprint density at radius 3 is 2.54 bits per heavy atom. The number of hydrogen-bond acceptors (Lipinski definition) is 6. The molecule has 0 bridgehead atoms. The molecule has 1 aromatic carbocycles. The van der Waals surface area contributed by atoms with Crippen LogP contribution < -0.4 is 0 Å². The molecular formula is C16H21BN2O6S. The van der Waals surface area contributed by atoms with Crippen molar-refractivity contribution < 1.29 is 27.8 Å². The van der Waals surface area contributed by atoms with E-state index in [0.29, 0.717) is 0 Å². The molecule has 8 nitrogen and oxygen atoms in total. The highest BCUT2D eigenvalue weighted by molar-refractivity contribution is 7.89. The monoisotopic (exact) mass is 380 g/mol. The Morgan fingerprint density at radius 2 is 2.00 bits per heavy atom. The first-order valence-electron chi connectivity index (χ1n) is 8.42. The number of ether oxygens (including phenoxy) is 1. The van der Waals surface area contributed by atoms with Crippen molar-refractivity contribution in [1.29, 1.82) is 0 Å². The Labute approximate surface area is 152 Å². The predicted molar refractivity (Wildman–Crippen MR) is 93.5 cm³/mol. The average Bonchev–Trinajstić information content (AvgIpc) is 3.23. The molecule has 1 N–H and O–H groups in total. The second kappa shape index (κ2) is 6.36. The molecule has 26 heavy (non-hydrogen) atoms. The summed E-state index contributed by atoms with van der Waals surface area (Å²) >= 11 is 0. The quantitative estimate of drug-likeness (QED) is 0.439. The van der Waals surface area contributed by atoms with Crippen molar-refractivity contribution in [3.05, 3.63) is 29.8 Å². The molecule has 1 amide bonds. The van der Waals surface area contributed by atoms with Crippen molar-refractivity contribution in [2.45, 2.75) is 43.6 Å². The molecule has 2 saturated heterocycles. The van der Waals surface area contributed by atoms with Gasteiger partial charge in [-0.15, -0.1) is 0 Å². The highest BCUT2D eigenvalue weighted by Gasteiger charge is 2.71. The van der Waals surface area contributed by atoms with E-state index in [2.05, 4.69) is 0 Å². The second-order valence-electron chi connectivity index (χ2n) is 6.67. The lowest BCUT2D eigenvalue weighted by atomic mass is 9.84. The Hall–Kier alpha value is -1.91. The van der Waals surface area contributed by atoms with Crippen LogP contribution in [0, 0.1) is 6.92 Å². The van der Waals surface area contributed by atoms with Gasteiger partial charge in [0.25, 0.3) is 0 Å². The molecule has 2 aliphatic heterocycles. The van der Waals surface area contributed by atoms with Crippen LogP contribution in [-0.4, -0.2) is 66.2 Å². The molecule has 0 unspecified atom stereocenters. The number of carbonyl (C=O) groups is 2. The zero-order chi connectivity index (χ0) is 19.3. The number of carbonyl (C=O) groups excluding carboxylic acids is 2. The van der Waals surface area contributed by atoms with Crippen LogP contribution in [0.3, 0.4) is 0 Å². The van der Waals surface area contributed by atoms with Gasteiger partial charge in [0.05, 0.1) is 11.5 Å². The summed E-state index contributed by atoms with van der Waals surface area (Å²) in [5, 5.41) is 9.94. The van der Waals surface area contributed by atoms with Gasteiger partial charge in [0.2, 0.25) is 15.9 Å². The number of benzene rings is 1. The number of esters is 1. The maximum atomic E-state index is 12.9. The molecule has 0 aliphatic carbocycles. The summed E-state index contributed by atoms with van der Waals surface area (Å²) in [7, 11) is -5.09. The van der Waals surface area contributed by atoms with E-state index in [1.807, 2.05) is 6.92 Å². The van der Waals surface area contributed by atoms with Crippen molar-refractivity contribution in [2.24, 2.45) is 0 Å². The molecule has 3 rings (SSSR count). The predicted octanol–water partition coefficient (Wildman–Crippen LogP) is 0.0124. The topological polar surface area (TPSA) is 104 Å². The number of aryl methyl sites for hydroxylation is 1. The second-order valence-corrected chi connectivity index (χ2v) is 8.53. The van der Waals surface area contributed by atoms with Crippen molar-refractivity contribution in [3.63, 3.8) is 0 Å². The summed E-state index contributed by atoms with van der Waals surface area (Å²) in [5.41, 5.74) is -0.401. The van der Waals surface area contributed by atoms with E-state index in [9.17, 15) is 23.0 Å². The molecule has 0 saturated carbocycles. The van der Waals surface area contributed by atoms with E-state index >= 15 is 0 Å². The number of amides is 1. The summed E-state index contributed by atoms with van der Waals surface area (Å²) in [6.07, 6.45) is -0.0271. The summed E-state index contributed by atoms with van der Waals surface area (Å²) in [6, 6.07) is 5.35. The lowest BCUT2D eigenvalue weighted by Gasteiger charge is -2.23. The van der Waals surface area contributed by atoms with Crippen molar-refractivity contribution in [2.75, 3.05) is 13.2 Å². The van der Waals surface area contributed by atoms with E-state index in [4.69, 9.17) is 4.74 Å². The van der Waals surface area contributed by atoms with Crippen molar-refractivity contribution >= 4 is 29.0 Å². The molecule has 140 valence electrons. The molecule has 1 spiro atoms. The fraction of sp³-hybridized carbons (Fsp3) is 0.500. The summed E-state index contributed by atoms with van der Waals surface area (Å²) in [4.78, 5) is 26.1. The van der Waals surface area contributed by atoms with Gasteiger partial charge in [-0.3, -0.25) is 4.79 Å². The van der Waals surface area contributed by atoms with Gasteiger partial charge < -0.3 is 14.6 Å². The highest BCUT2D eigenvalue weighted by atomic mass is 32.2. The lowest BCUT2D eigenvalue weighted by molar-refractivity contribution is -0.149. The van der Waals surface area contributed by atoms with Crippen LogP contribution in [-0.2, 0) is 24.3 Å². The molecule has 3 atom stereocenters. The third-order valence-electron chi connectivity index (χ3n) is 4.85. The van der Waals surface area contributed by atoms with Crippen molar-refractivity contribution in [3.8, 4) is 0 Å². The van der Waals surface area contributed by atoms with Crippen LogP contribution >= 0.6 is 0 Å². The number of nitrogens with zero attached hydrogens (tertiary/aromatic N) is 2. The maximum Gasteiger partial charge on any atom is 0.412 e. The maximum absolute atomic E-state index is 12.9. The third-order valence-corrected chi connectivity index (χ3v) is 6.78. The van der Waals surface area contributed by atoms with Crippen LogP contribution in [0.2, 0.25) is 6.82 Å².